The molecule has 6 heterocycles. The highest BCUT2D eigenvalue weighted by molar-refractivity contribution is 7.98. The Hall–Kier alpha value is -4.15. The zero-order valence-corrected chi connectivity index (χ0v) is 31.2. The molecule has 1 aliphatic carbocycles. The van der Waals surface area contributed by atoms with Gasteiger partial charge in [0.2, 0.25) is 0 Å². The van der Waals surface area contributed by atoms with E-state index in [4.69, 9.17) is 25.5 Å². The Morgan fingerprint density at radius 1 is 1.19 bits per heavy atom. The molecule has 0 spiro atoms. The third-order valence-electron chi connectivity index (χ3n) is 11.5. The number of thioether (sulfide) groups is 1. The lowest BCUT2D eigenvalue weighted by Crippen LogP contribution is -2.43. The molecule has 2 aromatic heterocycles. The minimum Gasteiger partial charge on any atom is -0.461 e. The van der Waals surface area contributed by atoms with Gasteiger partial charge < -0.3 is 20.3 Å². The number of anilines is 2. The van der Waals surface area contributed by atoms with Gasteiger partial charge in [-0.15, -0.1) is 17.7 Å². The van der Waals surface area contributed by atoms with E-state index in [2.05, 4.69) is 21.6 Å². The van der Waals surface area contributed by atoms with Crippen LogP contribution in [0.2, 0.25) is 0 Å². The fourth-order valence-corrected chi connectivity index (χ4v) is 10.0. The van der Waals surface area contributed by atoms with Gasteiger partial charge in [-0.2, -0.15) is 15.1 Å². The fourth-order valence-electron chi connectivity index (χ4n) is 8.71. The number of nitrogen functional groups attached to an aromatic ring is 1. The predicted molar refractivity (Wildman–Crippen MR) is 199 cm³/mol. The molecule has 1 unspecified atom stereocenters. The second kappa shape index (κ2) is 13.7. The van der Waals surface area contributed by atoms with Crippen molar-refractivity contribution in [2.45, 2.75) is 94.3 Å². The van der Waals surface area contributed by atoms with Crippen molar-refractivity contribution in [2.24, 2.45) is 0 Å². The monoisotopic (exact) mass is 728 g/mol. The molecule has 52 heavy (non-hydrogen) atoms. The fraction of sp³-hybridized carbons (Fsp3) is 0.538. The summed E-state index contributed by atoms with van der Waals surface area (Å²) in [5.41, 5.74) is 13.6. The molecule has 8 rings (SSSR count). The van der Waals surface area contributed by atoms with Crippen molar-refractivity contribution >= 4 is 29.2 Å². The van der Waals surface area contributed by atoms with Crippen LogP contribution < -0.4 is 15.4 Å². The highest BCUT2D eigenvalue weighted by Crippen LogP contribution is 2.52. The van der Waals surface area contributed by atoms with Crippen molar-refractivity contribution in [3.05, 3.63) is 68.7 Å². The van der Waals surface area contributed by atoms with Crippen molar-refractivity contribution in [1.82, 2.24) is 29.5 Å². The molecule has 0 radical (unpaired) electrons. The molecule has 0 bridgehead atoms. The van der Waals surface area contributed by atoms with Gasteiger partial charge in [-0.05, 0) is 82.0 Å². The van der Waals surface area contributed by atoms with Gasteiger partial charge in [0.05, 0.1) is 35.5 Å². The van der Waals surface area contributed by atoms with Crippen molar-refractivity contribution in [1.29, 1.82) is 0 Å². The second-order valence-electron chi connectivity index (χ2n) is 15.2. The highest BCUT2D eigenvalue weighted by atomic mass is 32.2. The number of aromatic nitrogens is 4. The molecule has 2 N–H and O–H groups in total. The Labute approximate surface area is 308 Å². The van der Waals surface area contributed by atoms with Crippen LogP contribution in [0.4, 0.5) is 20.3 Å². The van der Waals surface area contributed by atoms with E-state index in [1.165, 1.54) is 0 Å². The Kier molecular flexibility index (Phi) is 9.18. The van der Waals surface area contributed by atoms with Crippen LogP contribution in [0.15, 0.2) is 18.0 Å². The van der Waals surface area contributed by atoms with Gasteiger partial charge in [0.15, 0.2) is 11.5 Å². The summed E-state index contributed by atoms with van der Waals surface area (Å²) in [6, 6.07) is 1.97. The summed E-state index contributed by atoms with van der Waals surface area (Å²) in [6.07, 6.45) is 6.66. The van der Waals surface area contributed by atoms with Gasteiger partial charge in [0.25, 0.3) is 5.91 Å². The Bertz CT molecular complexity index is 2030. The molecule has 1 aromatic carbocycles. The standard InChI is InChI=1S/C39H46F2N8O2S/c1-5-8-26-15-28(42)34(41)33(32(26)25-9-10-25)31-16-29-27(21-52-31)36(44-38(43-29)51-22-39-11-6-13-48(39)19-24(17-39)18-40)47-12-7-14-49-30(20-47)23(2)35(45-49)37(50)46(3)4/h15,18,25,31H,6-7,9-14,16-17,19-22,42H2,1-4H3/b24-18-/t31?,39-/m0/s1. The lowest BCUT2D eigenvalue weighted by Gasteiger charge is -2.33. The van der Waals surface area contributed by atoms with Crippen molar-refractivity contribution < 1.29 is 18.3 Å². The third kappa shape index (κ3) is 6.11. The van der Waals surface area contributed by atoms with Crippen LogP contribution in [0.5, 0.6) is 6.01 Å². The molecule has 1 saturated carbocycles. The lowest BCUT2D eigenvalue weighted by molar-refractivity contribution is 0.0820. The molecule has 3 aromatic rings. The number of halogens is 2. The summed E-state index contributed by atoms with van der Waals surface area (Å²) in [5, 5.41) is 4.53. The van der Waals surface area contributed by atoms with E-state index in [9.17, 15) is 9.18 Å². The van der Waals surface area contributed by atoms with Gasteiger partial charge >= 0.3 is 6.01 Å². The normalized spacial score (nSPS) is 23.5. The Morgan fingerprint density at radius 3 is 2.77 bits per heavy atom. The molecule has 3 fully saturated rings. The van der Waals surface area contributed by atoms with E-state index in [0.29, 0.717) is 56.1 Å². The maximum atomic E-state index is 16.2. The number of benzene rings is 1. The topological polar surface area (TPSA) is 106 Å². The largest absolute Gasteiger partial charge is 0.461 e. The summed E-state index contributed by atoms with van der Waals surface area (Å²) in [7, 11) is 3.48. The van der Waals surface area contributed by atoms with E-state index in [1.54, 1.807) is 43.7 Å². The zero-order chi connectivity index (χ0) is 36.3. The lowest BCUT2D eigenvalue weighted by atomic mass is 9.91. The molecule has 2 saturated heterocycles. The first-order valence-electron chi connectivity index (χ1n) is 18.4. The Balaban J connectivity index is 1.18. The van der Waals surface area contributed by atoms with Crippen LogP contribution in [-0.2, 0) is 25.3 Å². The Morgan fingerprint density at radius 2 is 2.02 bits per heavy atom. The van der Waals surface area contributed by atoms with Crippen LogP contribution in [0.3, 0.4) is 0 Å². The number of carbonyl (C=O) groups is 1. The minimum absolute atomic E-state index is 0.118. The van der Waals surface area contributed by atoms with E-state index < -0.39 is 0 Å². The average Bonchev–Trinajstić information content (AvgIpc) is 3.77. The van der Waals surface area contributed by atoms with E-state index in [-0.39, 0.29) is 40.1 Å². The van der Waals surface area contributed by atoms with Crippen LogP contribution in [0.25, 0.3) is 0 Å². The molecule has 10 nitrogen and oxygen atoms in total. The average molecular weight is 729 g/mol. The molecular formula is C39H46F2N8O2S. The highest BCUT2D eigenvalue weighted by Gasteiger charge is 2.47. The van der Waals surface area contributed by atoms with Gasteiger partial charge in [-0.25, -0.2) is 8.78 Å². The summed E-state index contributed by atoms with van der Waals surface area (Å²) in [4.78, 5) is 29.3. The number of ether oxygens (including phenoxy) is 1. The van der Waals surface area contributed by atoms with Gasteiger partial charge in [0.1, 0.15) is 12.4 Å². The summed E-state index contributed by atoms with van der Waals surface area (Å²) >= 11 is 1.70. The number of fused-ring (bicyclic) bond motifs is 3. The number of hydrogen-bond acceptors (Lipinski definition) is 9. The number of aryl methyl sites for hydroxylation is 1. The van der Waals surface area contributed by atoms with Crippen LogP contribution in [-0.4, -0.2) is 81.3 Å². The van der Waals surface area contributed by atoms with Crippen LogP contribution >= 0.6 is 11.8 Å². The number of rotatable bonds is 7. The third-order valence-corrected chi connectivity index (χ3v) is 12.7. The molecule has 5 aliphatic rings. The van der Waals surface area contributed by atoms with Crippen molar-refractivity contribution in [3.63, 3.8) is 0 Å². The van der Waals surface area contributed by atoms with Crippen LogP contribution in [0, 0.1) is 24.6 Å². The van der Waals surface area contributed by atoms with Crippen molar-refractivity contribution in [3.8, 4) is 17.9 Å². The summed E-state index contributed by atoms with van der Waals surface area (Å²) in [5.74, 6) is 7.40. The number of amides is 1. The summed E-state index contributed by atoms with van der Waals surface area (Å²) < 4.78 is 38.4. The molecular weight excluding hydrogens is 683 g/mol. The molecule has 1 amide bonds. The van der Waals surface area contributed by atoms with E-state index in [1.807, 2.05) is 11.6 Å². The maximum absolute atomic E-state index is 16.2. The quantitative estimate of drug-likeness (QED) is 0.230. The maximum Gasteiger partial charge on any atom is 0.318 e. The smallest absolute Gasteiger partial charge is 0.318 e. The number of hydrogen-bond donors (Lipinski definition) is 1. The first-order valence-corrected chi connectivity index (χ1v) is 19.4. The van der Waals surface area contributed by atoms with Gasteiger partial charge in [-0.3, -0.25) is 14.4 Å². The predicted octanol–water partition coefficient (Wildman–Crippen LogP) is 6.06. The van der Waals surface area contributed by atoms with E-state index >= 15 is 4.39 Å². The molecule has 13 heteroatoms. The van der Waals surface area contributed by atoms with Gasteiger partial charge in [0, 0.05) is 73.4 Å². The zero-order valence-electron chi connectivity index (χ0n) is 30.4. The summed E-state index contributed by atoms with van der Waals surface area (Å²) in [6.45, 7) is 7.59. The SMILES string of the molecule is CC#Cc1cc(N)c(F)c(C2Cc3nc(OC[C@@]45CCCN4C/C(=C\F)C5)nc(N4CCCn5nc(C(=O)N(C)C)c(C)c5C4)c3CS2)c1C1CC1. The molecule has 2 atom stereocenters. The first kappa shape index (κ1) is 34.9. The van der Waals surface area contributed by atoms with Crippen molar-refractivity contribution in [2.75, 3.05) is 51.0 Å². The molecule has 4 aliphatic heterocycles. The number of carbonyl (C=O) groups excluding carboxylic acids is 1. The van der Waals surface area contributed by atoms with Crippen LogP contribution in [0.1, 0.15) is 106 Å². The molecule has 274 valence electrons. The van der Waals surface area contributed by atoms with Gasteiger partial charge in [-0.1, -0.05) is 5.92 Å². The number of nitrogens with zero attached hydrogens (tertiary/aromatic N) is 7. The minimum atomic E-state index is -0.354. The first-order chi connectivity index (χ1) is 25.1. The number of nitrogens with two attached hydrogens (primary N) is 1. The second-order valence-corrected chi connectivity index (χ2v) is 16.4. The van der Waals surface area contributed by atoms with E-state index in [0.717, 1.165) is 96.6 Å².